The van der Waals surface area contributed by atoms with Crippen LogP contribution >= 0.6 is 11.6 Å². The second-order valence-electron chi connectivity index (χ2n) is 9.46. The van der Waals surface area contributed by atoms with E-state index in [1.807, 2.05) is 48.5 Å². The number of fused-ring (bicyclic) bond motifs is 1. The molecule has 0 aromatic heterocycles. The van der Waals surface area contributed by atoms with Crippen molar-refractivity contribution in [3.05, 3.63) is 125 Å². The van der Waals surface area contributed by atoms with Crippen molar-refractivity contribution in [2.24, 2.45) is 4.99 Å². The molecule has 1 N–H and O–H groups in total. The van der Waals surface area contributed by atoms with E-state index in [0.717, 1.165) is 16.7 Å². The highest BCUT2D eigenvalue weighted by atomic mass is 35.5. The quantitative estimate of drug-likeness (QED) is 0.283. The Balaban J connectivity index is 1.39. The van der Waals surface area contributed by atoms with Crippen molar-refractivity contribution in [2.45, 2.75) is 18.5 Å². The van der Waals surface area contributed by atoms with Crippen molar-refractivity contribution in [3.63, 3.8) is 0 Å². The Hall–Kier alpha value is -4.62. The largest absolute Gasteiger partial charge is 0.326 e. The molecule has 1 unspecified atom stereocenters. The van der Waals surface area contributed by atoms with E-state index in [2.05, 4.69) is 10.3 Å². The van der Waals surface area contributed by atoms with Gasteiger partial charge < -0.3 is 10.2 Å². The number of rotatable bonds is 7. The Labute approximate surface area is 236 Å². The zero-order valence-electron chi connectivity index (χ0n) is 21.6. The Morgan fingerprint density at radius 3 is 2.35 bits per heavy atom. The molecular weight excluding hydrogens is 529 g/mol. The summed E-state index contributed by atoms with van der Waals surface area (Å²) in [6.07, 6.45) is 0.154. The lowest BCUT2D eigenvalue weighted by Gasteiger charge is -2.23. The van der Waals surface area contributed by atoms with Crippen LogP contribution in [0.1, 0.15) is 33.8 Å². The summed E-state index contributed by atoms with van der Waals surface area (Å²) in [6, 6.07) is 27.2. The summed E-state index contributed by atoms with van der Waals surface area (Å²) in [5.41, 5.74) is 4.14. The molecule has 0 spiro atoms. The smallest absolute Gasteiger partial charge is 0.272 e. The fourth-order valence-electron chi connectivity index (χ4n) is 4.60. The average molecular weight is 554 g/mol. The van der Waals surface area contributed by atoms with Crippen LogP contribution in [0.15, 0.2) is 102 Å². The Bertz CT molecular complexity index is 1590. The molecule has 0 fully saturated rings. The summed E-state index contributed by atoms with van der Waals surface area (Å²) < 4.78 is 13.6. The first-order valence-corrected chi connectivity index (χ1v) is 13.0. The first-order valence-electron chi connectivity index (χ1n) is 12.6. The van der Waals surface area contributed by atoms with Gasteiger partial charge in [0.15, 0.2) is 5.78 Å². The van der Waals surface area contributed by atoms with E-state index in [0.29, 0.717) is 21.8 Å². The van der Waals surface area contributed by atoms with E-state index in [1.165, 1.54) is 29.2 Å². The highest BCUT2D eigenvalue weighted by Crippen LogP contribution is 2.29. The number of carbonyl (C=O) groups is 3. The molecule has 4 aromatic rings. The molecule has 8 heteroatoms. The van der Waals surface area contributed by atoms with Crippen molar-refractivity contribution >= 4 is 41.1 Å². The lowest BCUT2D eigenvalue weighted by atomic mass is 9.90. The number of likely N-dealkylation sites (N-methyl/N-ethyl adjacent to an activating group) is 1. The molecule has 0 aliphatic carbocycles. The lowest BCUT2D eigenvalue weighted by Crippen LogP contribution is -2.47. The van der Waals surface area contributed by atoms with Gasteiger partial charge in [0, 0.05) is 35.8 Å². The highest BCUT2D eigenvalue weighted by molar-refractivity contribution is 6.30. The minimum atomic E-state index is -1.21. The molecule has 1 aliphatic rings. The number of anilines is 1. The van der Waals surface area contributed by atoms with Gasteiger partial charge in [-0.15, -0.1) is 0 Å². The zero-order chi connectivity index (χ0) is 28.2. The number of benzodiazepines with no additional fused rings is 1. The maximum atomic E-state index is 13.6. The standard InChI is InChI=1S/C32H25ClFN3O3/c1-37-28-17-23(20-5-3-2-4-6-20)7-8-24(28)19-35-30(32(37)40)36-31(39)27(21-11-15-26(34)16-12-21)18-29(38)22-9-13-25(33)14-10-22/h2-17,19,27,30H,18H2,1H3,(H,36,39)/t27?,30-/m1/s1. The van der Waals surface area contributed by atoms with Gasteiger partial charge in [-0.3, -0.25) is 19.4 Å². The monoisotopic (exact) mass is 553 g/mol. The van der Waals surface area contributed by atoms with E-state index < -0.39 is 29.7 Å². The van der Waals surface area contributed by atoms with E-state index >= 15 is 0 Å². The van der Waals surface area contributed by atoms with Crippen molar-refractivity contribution < 1.29 is 18.8 Å². The number of halogens is 2. The normalized spacial score (nSPS) is 15.2. The van der Waals surface area contributed by atoms with Crippen LogP contribution in [0.2, 0.25) is 5.02 Å². The third-order valence-electron chi connectivity index (χ3n) is 6.85. The summed E-state index contributed by atoms with van der Waals surface area (Å²) in [5.74, 6) is -2.75. The number of benzene rings is 4. The molecule has 2 amide bonds. The van der Waals surface area contributed by atoms with Gasteiger partial charge in [0.25, 0.3) is 5.91 Å². The minimum absolute atomic E-state index is 0.194. The van der Waals surface area contributed by atoms with Gasteiger partial charge in [-0.1, -0.05) is 66.2 Å². The molecule has 200 valence electrons. The third kappa shape index (κ3) is 5.84. The van der Waals surface area contributed by atoms with Crippen LogP contribution in [-0.2, 0) is 9.59 Å². The van der Waals surface area contributed by atoms with Gasteiger partial charge in [0.05, 0.1) is 11.6 Å². The van der Waals surface area contributed by atoms with E-state index in [9.17, 15) is 18.8 Å². The first-order chi connectivity index (χ1) is 19.3. The molecule has 1 heterocycles. The molecule has 1 aliphatic heterocycles. The molecule has 0 saturated heterocycles. The van der Waals surface area contributed by atoms with Crippen molar-refractivity contribution in [3.8, 4) is 11.1 Å². The number of aliphatic imine (C=N–C) groups is 1. The number of ketones is 1. The second kappa shape index (κ2) is 11.6. The van der Waals surface area contributed by atoms with Gasteiger partial charge in [0.2, 0.25) is 12.1 Å². The number of nitrogens with one attached hydrogen (secondary N) is 1. The van der Waals surface area contributed by atoms with Gasteiger partial charge in [-0.05, 0) is 59.2 Å². The predicted molar refractivity (Wildman–Crippen MR) is 154 cm³/mol. The molecule has 40 heavy (non-hydrogen) atoms. The number of hydrogen-bond donors (Lipinski definition) is 1. The SMILES string of the molecule is CN1C(=O)[C@@H](NC(=O)C(CC(=O)c2ccc(Cl)cc2)c2ccc(F)cc2)N=Cc2ccc(-c3ccccc3)cc21. The predicted octanol–water partition coefficient (Wildman–Crippen LogP) is 6.04. The molecule has 2 atom stereocenters. The molecule has 6 nitrogen and oxygen atoms in total. The molecular formula is C32H25ClFN3O3. The Morgan fingerprint density at radius 1 is 0.950 bits per heavy atom. The average Bonchev–Trinajstić information content (AvgIpc) is 3.09. The Kier molecular flexibility index (Phi) is 7.84. The topological polar surface area (TPSA) is 78.8 Å². The van der Waals surface area contributed by atoms with Crippen LogP contribution in [0.5, 0.6) is 0 Å². The van der Waals surface area contributed by atoms with Gasteiger partial charge in [-0.25, -0.2) is 4.39 Å². The Morgan fingerprint density at radius 2 is 1.65 bits per heavy atom. The number of amides is 2. The van der Waals surface area contributed by atoms with Crippen LogP contribution in [0.25, 0.3) is 11.1 Å². The van der Waals surface area contributed by atoms with E-state index in [-0.39, 0.29) is 12.2 Å². The second-order valence-corrected chi connectivity index (χ2v) is 9.90. The van der Waals surface area contributed by atoms with Crippen molar-refractivity contribution in [1.82, 2.24) is 5.32 Å². The zero-order valence-corrected chi connectivity index (χ0v) is 22.3. The van der Waals surface area contributed by atoms with Crippen molar-refractivity contribution in [2.75, 3.05) is 11.9 Å². The maximum Gasteiger partial charge on any atom is 0.272 e. The first kappa shape index (κ1) is 27.0. The van der Waals surface area contributed by atoms with E-state index in [1.54, 1.807) is 37.5 Å². The van der Waals surface area contributed by atoms with E-state index in [4.69, 9.17) is 11.6 Å². The van der Waals surface area contributed by atoms with Crippen molar-refractivity contribution in [1.29, 1.82) is 0 Å². The molecule has 4 aromatic carbocycles. The van der Waals surface area contributed by atoms with Gasteiger partial charge in [-0.2, -0.15) is 0 Å². The summed E-state index contributed by atoms with van der Waals surface area (Å²) in [5, 5.41) is 3.19. The fourth-order valence-corrected chi connectivity index (χ4v) is 4.73. The molecule has 5 rings (SSSR count). The van der Waals surface area contributed by atoms with Crippen LogP contribution in [0.3, 0.4) is 0 Å². The third-order valence-corrected chi connectivity index (χ3v) is 7.10. The summed E-state index contributed by atoms with van der Waals surface area (Å²) >= 11 is 5.94. The van der Waals surface area contributed by atoms with Crippen LogP contribution < -0.4 is 10.2 Å². The number of hydrogen-bond acceptors (Lipinski definition) is 4. The van der Waals surface area contributed by atoms with Crippen LogP contribution in [0, 0.1) is 5.82 Å². The fraction of sp³-hybridized carbons (Fsp3) is 0.125. The summed E-state index contributed by atoms with van der Waals surface area (Å²) in [6.45, 7) is 0. The van der Waals surface area contributed by atoms with Crippen LogP contribution in [0.4, 0.5) is 10.1 Å². The van der Waals surface area contributed by atoms with Crippen LogP contribution in [-0.4, -0.2) is 37.0 Å². The number of carbonyl (C=O) groups excluding carboxylic acids is 3. The number of Topliss-reactive ketones (excluding diaryl/α,β-unsaturated/α-hetero) is 1. The molecule has 0 bridgehead atoms. The molecule has 0 saturated carbocycles. The number of nitrogens with zero attached hydrogens (tertiary/aromatic N) is 2. The summed E-state index contributed by atoms with van der Waals surface area (Å²) in [4.78, 5) is 45.9. The minimum Gasteiger partial charge on any atom is -0.326 e. The maximum absolute atomic E-state index is 13.6. The summed E-state index contributed by atoms with van der Waals surface area (Å²) in [7, 11) is 1.63. The van der Waals surface area contributed by atoms with Gasteiger partial charge in [0.1, 0.15) is 5.82 Å². The highest BCUT2D eigenvalue weighted by Gasteiger charge is 2.32. The van der Waals surface area contributed by atoms with Gasteiger partial charge >= 0.3 is 0 Å². The lowest BCUT2D eigenvalue weighted by molar-refractivity contribution is -0.128. The molecule has 0 radical (unpaired) electrons.